The lowest BCUT2D eigenvalue weighted by Crippen LogP contribution is -2.29. The number of para-hydroxylation sites is 2. The van der Waals surface area contributed by atoms with Gasteiger partial charge in [-0.25, -0.2) is 9.69 Å². The first kappa shape index (κ1) is 20.5. The van der Waals surface area contributed by atoms with Gasteiger partial charge in [0.2, 0.25) is 0 Å². The summed E-state index contributed by atoms with van der Waals surface area (Å²) in [6.07, 6.45) is 0. The minimum atomic E-state index is -0.683. The zero-order valence-electron chi connectivity index (χ0n) is 16.9. The molecule has 5 rings (SSSR count). The van der Waals surface area contributed by atoms with Crippen molar-refractivity contribution >= 4 is 35.1 Å². The summed E-state index contributed by atoms with van der Waals surface area (Å²) in [6, 6.07) is 19.9. The number of ether oxygens (including phenoxy) is 1. The van der Waals surface area contributed by atoms with Crippen molar-refractivity contribution in [1.29, 1.82) is 0 Å². The van der Waals surface area contributed by atoms with Gasteiger partial charge in [-0.3, -0.25) is 9.59 Å². The first-order valence-corrected chi connectivity index (χ1v) is 10.2. The molecular weight excluding hydrogens is 446 g/mol. The van der Waals surface area contributed by atoms with Crippen LogP contribution in [0.4, 0.5) is 5.69 Å². The summed E-state index contributed by atoms with van der Waals surface area (Å²) >= 11 is 6.17. The zero-order chi connectivity index (χ0) is 22.9. The van der Waals surface area contributed by atoms with E-state index in [-0.39, 0.29) is 34.0 Å². The molecule has 2 heterocycles. The number of benzene rings is 3. The number of hydrogen-bond donors (Lipinski definition) is 0. The summed E-state index contributed by atoms with van der Waals surface area (Å²) in [6.45, 7) is -0.184. The molecule has 0 unspecified atom stereocenters. The molecule has 1 aliphatic rings. The SMILES string of the molecule is O=C(OCc1nnnn1-c1ccccc1)c1ccc2c(c1)C(=O)N(c1ccccc1Cl)C2=O. The quantitative estimate of drug-likeness (QED) is 0.332. The van der Waals surface area contributed by atoms with E-state index in [1.54, 1.807) is 24.3 Å². The lowest BCUT2D eigenvalue weighted by atomic mass is 10.1. The highest BCUT2D eigenvalue weighted by Crippen LogP contribution is 2.33. The topological polar surface area (TPSA) is 107 Å². The second-order valence-electron chi connectivity index (χ2n) is 7.08. The number of esters is 1. The molecule has 1 aromatic heterocycles. The zero-order valence-corrected chi connectivity index (χ0v) is 17.6. The third-order valence-electron chi connectivity index (χ3n) is 5.08. The van der Waals surface area contributed by atoms with Gasteiger partial charge in [-0.1, -0.05) is 41.9 Å². The molecule has 0 fully saturated rings. The van der Waals surface area contributed by atoms with Crippen molar-refractivity contribution < 1.29 is 19.1 Å². The van der Waals surface area contributed by atoms with Gasteiger partial charge in [0.15, 0.2) is 12.4 Å². The Hall–Kier alpha value is -4.37. The fourth-order valence-corrected chi connectivity index (χ4v) is 3.72. The maximum Gasteiger partial charge on any atom is 0.338 e. The van der Waals surface area contributed by atoms with Crippen molar-refractivity contribution in [3.05, 3.63) is 100 Å². The Balaban J connectivity index is 1.36. The lowest BCUT2D eigenvalue weighted by Gasteiger charge is -2.15. The van der Waals surface area contributed by atoms with Gasteiger partial charge < -0.3 is 4.74 Å². The summed E-state index contributed by atoms with van der Waals surface area (Å²) < 4.78 is 6.81. The van der Waals surface area contributed by atoms with Gasteiger partial charge >= 0.3 is 5.97 Å². The number of anilines is 1. The monoisotopic (exact) mass is 459 g/mol. The molecule has 0 bridgehead atoms. The van der Waals surface area contributed by atoms with Crippen molar-refractivity contribution in [1.82, 2.24) is 20.2 Å². The molecule has 4 aromatic rings. The molecular formula is C23H14ClN5O4. The Bertz CT molecular complexity index is 1400. The lowest BCUT2D eigenvalue weighted by molar-refractivity contribution is 0.0459. The van der Waals surface area contributed by atoms with E-state index in [4.69, 9.17) is 16.3 Å². The van der Waals surface area contributed by atoms with E-state index < -0.39 is 17.8 Å². The molecule has 33 heavy (non-hydrogen) atoms. The van der Waals surface area contributed by atoms with Crippen LogP contribution in [0.1, 0.15) is 36.9 Å². The normalized spacial score (nSPS) is 12.7. The van der Waals surface area contributed by atoms with Crippen LogP contribution in [0.2, 0.25) is 5.02 Å². The van der Waals surface area contributed by atoms with Gasteiger partial charge in [0, 0.05) is 0 Å². The van der Waals surface area contributed by atoms with Gasteiger partial charge in [-0.05, 0) is 52.9 Å². The minimum absolute atomic E-state index is 0.100. The number of carbonyl (C=O) groups excluding carboxylic acids is 3. The highest BCUT2D eigenvalue weighted by atomic mass is 35.5. The van der Waals surface area contributed by atoms with Crippen LogP contribution < -0.4 is 4.90 Å². The van der Waals surface area contributed by atoms with E-state index >= 15 is 0 Å². The number of halogens is 1. The van der Waals surface area contributed by atoms with E-state index in [0.29, 0.717) is 5.82 Å². The number of tetrazole rings is 1. The molecule has 0 saturated heterocycles. The fraction of sp³-hybridized carbons (Fsp3) is 0.0435. The van der Waals surface area contributed by atoms with E-state index in [9.17, 15) is 14.4 Å². The molecule has 0 saturated carbocycles. The van der Waals surface area contributed by atoms with Crippen LogP contribution in [-0.4, -0.2) is 38.0 Å². The first-order valence-electron chi connectivity index (χ1n) is 9.82. The van der Waals surface area contributed by atoms with Crippen LogP contribution in [0.5, 0.6) is 0 Å². The number of carbonyl (C=O) groups is 3. The van der Waals surface area contributed by atoms with Crippen LogP contribution in [-0.2, 0) is 11.3 Å². The Morgan fingerprint density at radius 3 is 2.42 bits per heavy atom. The highest BCUT2D eigenvalue weighted by Gasteiger charge is 2.38. The van der Waals surface area contributed by atoms with Crippen molar-refractivity contribution in [3.8, 4) is 5.69 Å². The number of fused-ring (bicyclic) bond motifs is 1. The van der Waals surface area contributed by atoms with Gasteiger partial charge in [-0.15, -0.1) is 5.10 Å². The third-order valence-corrected chi connectivity index (χ3v) is 5.40. The minimum Gasteiger partial charge on any atom is -0.454 e. The maximum absolute atomic E-state index is 12.9. The van der Waals surface area contributed by atoms with Crippen molar-refractivity contribution in [2.75, 3.05) is 4.90 Å². The average molecular weight is 460 g/mol. The fourth-order valence-electron chi connectivity index (χ4n) is 3.50. The molecule has 0 N–H and O–H groups in total. The summed E-state index contributed by atoms with van der Waals surface area (Å²) in [7, 11) is 0. The number of amides is 2. The van der Waals surface area contributed by atoms with Crippen molar-refractivity contribution in [2.45, 2.75) is 6.61 Å². The van der Waals surface area contributed by atoms with Crippen LogP contribution in [0.15, 0.2) is 72.8 Å². The highest BCUT2D eigenvalue weighted by molar-refractivity contribution is 6.39. The average Bonchev–Trinajstić information content (AvgIpc) is 3.41. The molecule has 10 heteroatoms. The number of nitrogens with zero attached hydrogens (tertiary/aromatic N) is 5. The molecule has 1 aliphatic heterocycles. The van der Waals surface area contributed by atoms with E-state index in [0.717, 1.165) is 10.6 Å². The van der Waals surface area contributed by atoms with Crippen LogP contribution in [0.3, 0.4) is 0 Å². The Labute approximate surface area is 192 Å². The predicted octanol–water partition coefficient (Wildman–Crippen LogP) is 3.47. The van der Waals surface area contributed by atoms with E-state index in [2.05, 4.69) is 15.5 Å². The molecule has 9 nitrogen and oxygen atoms in total. The number of aromatic nitrogens is 4. The number of hydrogen-bond acceptors (Lipinski definition) is 7. The smallest absolute Gasteiger partial charge is 0.338 e. The Morgan fingerprint density at radius 1 is 0.909 bits per heavy atom. The molecule has 0 spiro atoms. The van der Waals surface area contributed by atoms with E-state index in [1.807, 2.05) is 30.3 Å². The number of rotatable bonds is 5. The Kier molecular flexibility index (Phi) is 5.15. The van der Waals surface area contributed by atoms with Crippen molar-refractivity contribution in [3.63, 3.8) is 0 Å². The molecule has 162 valence electrons. The Morgan fingerprint density at radius 2 is 1.64 bits per heavy atom. The van der Waals surface area contributed by atoms with Gasteiger partial charge in [0.1, 0.15) is 0 Å². The van der Waals surface area contributed by atoms with Crippen LogP contribution in [0, 0.1) is 0 Å². The van der Waals surface area contributed by atoms with Crippen LogP contribution >= 0.6 is 11.6 Å². The molecule has 3 aromatic carbocycles. The summed E-state index contributed by atoms with van der Waals surface area (Å²) in [4.78, 5) is 39.4. The molecule has 0 radical (unpaired) electrons. The van der Waals surface area contributed by atoms with Crippen LogP contribution in [0.25, 0.3) is 5.69 Å². The van der Waals surface area contributed by atoms with Crippen molar-refractivity contribution in [2.24, 2.45) is 0 Å². The van der Waals surface area contributed by atoms with Gasteiger partial charge in [0.05, 0.1) is 33.1 Å². The summed E-state index contributed by atoms with van der Waals surface area (Å²) in [5, 5.41) is 11.7. The predicted molar refractivity (Wildman–Crippen MR) is 117 cm³/mol. The summed E-state index contributed by atoms with van der Waals surface area (Å²) in [5.74, 6) is -1.43. The van der Waals surface area contributed by atoms with Gasteiger partial charge in [0.25, 0.3) is 11.8 Å². The van der Waals surface area contributed by atoms with Gasteiger partial charge in [-0.2, -0.15) is 4.68 Å². The maximum atomic E-state index is 12.9. The number of imide groups is 1. The first-order chi connectivity index (χ1) is 16.0. The second-order valence-corrected chi connectivity index (χ2v) is 7.48. The largest absolute Gasteiger partial charge is 0.454 e. The standard InChI is InChI=1S/C23H14ClN5O4/c24-18-8-4-5-9-19(18)28-21(30)16-11-10-14(12-17(16)22(28)31)23(32)33-13-20-25-26-27-29(20)15-6-2-1-3-7-15/h1-12H,13H2. The molecule has 2 amide bonds. The molecule has 0 atom stereocenters. The second kappa shape index (κ2) is 8.29. The van der Waals surface area contributed by atoms with E-state index in [1.165, 1.54) is 22.9 Å². The summed E-state index contributed by atoms with van der Waals surface area (Å²) in [5.41, 5.74) is 1.40. The third kappa shape index (κ3) is 3.64. The molecule has 0 aliphatic carbocycles.